The number of halogens is 2. The summed E-state index contributed by atoms with van der Waals surface area (Å²) in [4.78, 5) is 13.3. The topological polar surface area (TPSA) is 63.6 Å². The Morgan fingerprint density at radius 2 is 1.83 bits per heavy atom. The first kappa shape index (κ1) is 23.0. The van der Waals surface area contributed by atoms with Crippen LogP contribution in [0.25, 0.3) is 27.8 Å². The number of aromatic amines is 1. The Morgan fingerprint density at radius 1 is 1.09 bits per heavy atom. The second-order valence-corrected chi connectivity index (χ2v) is 9.23. The molecule has 35 heavy (non-hydrogen) atoms. The van der Waals surface area contributed by atoms with Gasteiger partial charge in [-0.1, -0.05) is 42.8 Å². The van der Waals surface area contributed by atoms with Gasteiger partial charge in [-0.25, -0.2) is 9.07 Å². The number of rotatable bonds is 6. The smallest absolute Gasteiger partial charge is 0.163 e. The highest BCUT2D eigenvalue weighted by Gasteiger charge is 2.21. The highest BCUT2D eigenvalue weighted by Crippen LogP contribution is 2.35. The monoisotopic (exact) mass is 486 g/mol. The standard InChI is InChI=1S/C28H24ClFN4O/c1-16(27-17(2)31-32-18(27)3)14-26(35)19-8-13-23-25(15-19)34(21-11-9-20(30)10-12-21)33-28(23)22-6-4-5-7-24(22)29/h4-13,15-16H,14H2,1-3H3,(H,31,32). The van der Waals surface area contributed by atoms with Crippen LogP contribution < -0.4 is 0 Å². The number of hydrogen-bond donors (Lipinski definition) is 1. The van der Waals surface area contributed by atoms with E-state index >= 15 is 0 Å². The van der Waals surface area contributed by atoms with Crippen LogP contribution >= 0.6 is 11.6 Å². The number of nitrogens with zero attached hydrogens (tertiary/aromatic N) is 3. The van der Waals surface area contributed by atoms with Gasteiger partial charge in [-0.3, -0.25) is 9.89 Å². The van der Waals surface area contributed by atoms with Crippen LogP contribution in [-0.4, -0.2) is 25.8 Å². The van der Waals surface area contributed by atoms with Gasteiger partial charge in [-0.2, -0.15) is 10.2 Å². The van der Waals surface area contributed by atoms with E-state index in [9.17, 15) is 9.18 Å². The first-order valence-corrected chi connectivity index (χ1v) is 11.8. The molecular formula is C28H24ClFN4O. The van der Waals surface area contributed by atoms with E-state index in [1.165, 1.54) is 12.1 Å². The van der Waals surface area contributed by atoms with Gasteiger partial charge in [0.25, 0.3) is 0 Å². The van der Waals surface area contributed by atoms with E-state index < -0.39 is 0 Å². The molecule has 2 heterocycles. The Hall–Kier alpha value is -3.77. The van der Waals surface area contributed by atoms with Crippen LogP contribution in [0.5, 0.6) is 0 Å². The molecule has 0 saturated carbocycles. The van der Waals surface area contributed by atoms with E-state index in [0.29, 0.717) is 28.4 Å². The molecule has 1 N–H and O–H groups in total. The van der Waals surface area contributed by atoms with Gasteiger partial charge in [0.2, 0.25) is 0 Å². The van der Waals surface area contributed by atoms with Gasteiger partial charge in [0.05, 0.1) is 21.9 Å². The van der Waals surface area contributed by atoms with Gasteiger partial charge in [0.1, 0.15) is 11.5 Å². The number of ketones is 1. The predicted octanol–water partition coefficient (Wildman–Crippen LogP) is 7.20. The third-order valence-electron chi connectivity index (χ3n) is 6.37. The molecule has 0 aliphatic heterocycles. The molecule has 0 bridgehead atoms. The summed E-state index contributed by atoms with van der Waals surface area (Å²) in [5.74, 6) is -0.269. The van der Waals surface area contributed by atoms with Crippen molar-refractivity contribution in [1.82, 2.24) is 20.0 Å². The Labute approximate surface area is 207 Å². The van der Waals surface area contributed by atoms with Crippen molar-refractivity contribution in [3.05, 3.63) is 100 Å². The van der Waals surface area contributed by atoms with Crippen molar-refractivity contribution in [3.63, 3.8) is 0 Å². The van der Waals surface area contributed by atoms with Crippen molar-refractivity contribution < 1.29 is 9.18 Å². The highest BCUT2D eigenvalue weighted by molar-refractivity contribution is 6.33. The first-order chi connectivity index (χ1) is 16.8. The first-order valence-electron chi connectivity index (χ1n) is 11.4. The van der Waals surface area contributed by atoms with Crippen LogP contribution in [0.3, 0.4) is 0 Å². The lowest BCUT2D eigenvalue weighted by Gasteiger charge is -2.12. The molecule has 0 amide bonds. The SMILES string of the molecule is Cc1n[nH]c(C)c1C(C)CC(=O)c1ccc2c(-c3ccccc3Cl)nn(-c3ccc(F)cc3)c2c1. The van der Waals surface area contributed by atoms with Gasteiger partial charge >= 0.3 is 0 Å². The Kier molecular flexibility index (Phi) is 5.99. The Balaban J connectivity index is 1.60. The summed E-state index contributed by atoms with van der Waals surface area (Å²) in [6.45, 7) is 5.96. The minimum atomic E-state index is -0.328. The zero-order valence-electron chi connectivity index (χ0n) is 19.6. The predicted molar refractivity (Wildman–Crippen MR) is 137 cm³/mol. The average Bonchev–Trinajstić information content (AvgIpc) is 3.39. The number of aryl methyl sites for hydroxylation is 2. The number of Topliss-reactive ketones (excluding diaryl/α,β-unsaturated/α-hetero) is 1. The number of fused-ring (bicyclic) bond motifs is 1. The lowest BCUT2D eigenvalue weighted by atomic mass is 9.91. The maximum absolute atomic E-state index is 13.6. The molecule has 5 rings (SSSR count). The molecule has 3 aromatic carbocycles. The molecule has 0 aliphatic rings. The van der Waals surface area contributed by atoms with Crippen molar-refractivity contribution in [3.8, 4) is 16.9 Å². The van der Waals surface area contributed by atoms with Gasteiger partial charge < -0.3 is 0 Å². The van der Waals surface area contributed by atoms with E-state index in [-0.39, 0.29) is 17.5 Å². The van der Waals surface area contributed by atoms with Crippen molar-refractivity contribution in [2.24, 2.45) is 0 Å². The van der Waals surface area contributed by atoms with Gasteiger partial charge in [-0.15, -0.1) is 0 Å². The third-order valence-corrected chi connectivity index (χ3v) is 6.70. The number of nitrogens with one attached hydrogen (secondary N) is 1. The normalized spacial score (nSPS) is 12.3. The Morgan fingerprint density at radius 3 is 2.51 bits per heavy atom. The van der Waals surface area contributed by atoms with E-state index in [2.05, 4.69) is 10.2 Å². The maximum atomic E-state index is 13.6. The number of hydrogen-bond acceptors (Lipinski definition) is 3. The van der Waals surface area contributed by atoms with Gasteiger partial charge in [0, 0.05) is 28.6 Å². The zero-order chi connectivity index (χ0) is 24.7. The van der Waals surface area contributed by atoms with Crippen molar-refractivity contribution in [1.29, 1.82) is 0 Å². The van der Waals surface area contributed by atoms with E-state index in [1.54, 1.807) is 16.8 Å². The second-order valence-electron chi connectivity index (χ2n) is 8.82. The molecular weight excluding hydrogens is 463 g/mol. The van der Waals surface area contributed by atoms with E-state index in [1.807, 2.05) is 63.2 Å². The molecule has 0 spiro atoms. The number of aromatic nitrogens is 4. The van der Waals surface area contributed by atoms with Gasteiger partial charge in [0.15, 0.2) is 5.78 Å². The molecule has 2 aromatic heterocycles. The van der Waals surface area contributed by atoms with Crippen LogP contribution in [-0.2, 0) is 0 Å². The number of carbonyl (C=O) groups excluding carboxylic acids is 1. The van der Waals surface area contributed by atoms with Crippen LogP contribution in [0.15, 0.2) is 66.7 Å². The average molecular weight is 487 g/mol. The number of benzene rings is 3. The van der Waals surface area contributed by atoms with E-state index in [0.717, 1.165) is 33.4 Å². The highest BCUT2D eigenvalue weighted by atomic mass is 35.5. The summed E-state index contributed by atoms with van der Waals surface area (Å²) in [5.41, 5.74) is 6.51. The van der Waals surface area contributed by atoms with Gasteiger partial charge in [-0.05, 0) is 67.8 Å². The quantitative estimate of drug-likeness (QED) is 0.258. The fourth-order valence-corrected chi connectivity index (χ4v) is 4.93. The molecule has 0 radical (unpaired) electrons. The molecule has 7 heteroatoms. The summed E-state index contributed by atoms with van der Waals surface area (Å²) < 4.78 is 15.3. The van der Waals surface area contributed by atoms with E-state index in [4.69, 9.17) is 16.7 Å². The largest absolute Gasteiger partial charge is 0.294 e. The lowest BCUT2D eigenvalue weighted by Crippen LogP contribution is -2.07. The second kappa shape index (κ2) is 9.12. The molecule has 5 aromatic rings. The molecule has 176 valence electrons. The minimum absolute atomic E-state index is 0.0256. The molecule has 0 fully saturated rings. The minimum Gasteiger partial charge on any atom is -0.294 e. The van der Waals surface area contributed by atoms with Crippen LogP contribution in [0, 0.1) is 19.7 Å². The van der Waals surface area contributed by atoms with Crippen molar-refractivity contribution in [2.75, 3.05) is 0 Å². The molecule has 1 atom stereocenters. The summed E-state index contributed by atoms with van der Waals surface area (Å²) >= 11 is 6.49. The Bertz CT molecular complexity index is 1530. The molecule has 0 saturated heterocycles. The summed E-state index contributed by atoms with van der Waals surface area (Å²) in [7, 11) is 0. The number of H-pyrrole nitrogens is 1. The number of carbonyl (C=O) groups is 1. The summed E-state index contributed by atoms with van der Waals surface area (Å²) in [6.07, 6.45) is 0.356. The van der Waals surface area contributed by atoms with Crippen LogP contribution in [0.2, 0.25) is 5.02 Å². The maximum Gasteiger partial charge on any atom is 0.163 e. The lowest BCUT2D eigenvalue weighted by molar-refractivity contribution is 0.0975. The third kappa shape index (κ3) is 4.26. The molecule has 1 unspecified atom stereocenters. The van der Waals surface area contributed by atoms with Crippen molar-refractivity contribution >= 4 is 28.3 Å². The van der Waals surface area contributed by atoms with Crippen LogP contribution in [0.4, 0.5) is 4.39 Å². The molecule has 0 aliphatic carbocycles. The molecule has 5 nitrogen and oxygen atoms in total. The fourth-order valence-electron chi connectivity index (χ4n) is 4.70. The van der Waals surface area contributed by atoms with Crippen LogP contribution in [0.1, 0.15) is 46.6 Å². The zero-order valence-corrected chi connectivity index (χ0v) is 20.4. The fraction of sp³-hybridized carbons (Fsp3) is 0.179. The summed E-state index contributed by atoms with van der Waals surface area (Å²) in [5, 5.41) is 13.5. The summed E-state index contributed by atoms with van der Waals surface area (Å²) in [6, 6.07) is 19.2. The van der Waals surface area contributed by atoms with Crippen molar-refractivity contribution in [2.45, 2.75) is 33.1 Å².